The molecule has 0 heterocycles. The van der Waals surface area contributed by atoms with Crippen molar-refractivity contribution in [3.8, 4) is 11.1 Å². The molecule has 2 nitrogen and oxygen atoms in total. The van der Waals surface area contributed by atoms with Crippen molar-refractivity contribution in [1.82, 2.24) is 0 Å². The SMILES string of the molecule is Cc1ccc(N(c2ccc(C)cc2)c2ccc(C=Cc3cccc(-c4ccccc4)c3C=Cc3ccc(N(c4ccc(C)cc4)c4ccc(C)cc4)cc3)cc2)cc1. The molecule has 0 aliphatic rings. The van der Waals surface area contributed by atoms with Crippen LogP contribution in [0.5, 0.6) is 0 Å². The van der Waals surface area contributed by atoms with Gasteiger partial charge in [0.1, 0.15) is 0 Å². The molecule has 8 rings (SSSR count). The lowest BCUT2D eigenvalue weighted by atomic mass is 9.94. The Balaban J connectivity index is 1.10. The second kappa shape index (κ2) is 17.3. The summed E-state index contributed by atoms with van der Waals surface area (Å²) < 4.78 is 0. The Morgan fingerprint density at radius 3 is 1.02 bits per heavy atom. The van der Waals surface area contributed by atoms with Crippen molar-refractivity contribution in [2.75, 3.05) is 9.80 Å². The lowest BCUT2D eigenvalue weighted by Gasteiger charge is -2.26. The van der Waals surface area contributed by atoms with Crippen LogP contribution in [0.2, 0.25) is 0 Å². The highest BCUT2D eigenvalue weighted by atomic mass is 15.1. The lowest BCUT2D eigenvalue weighted by molar-refractivity contribution is 1.27. The largest absolute Gasteiger partial charge is 0.311 e. The lowest BCUT2D eigenvalue weighted by Crippen LogP contribution is -2.09. The van der Waals surface area contributed by atoms with E-state index in [9.17, 15) is 0 Å². The maximum absolute atomic E-state index is 2.31. The van der Waals surface area contributed by atoms with E-state index in [4.69, 9.17) is 0 Å². The summed E-state index contributed by atoms with van der Waals surface area (Å²) in [6.45, 7) is 8.51. The van der Waals surface area contributed by atoms with Crippen LogP contribution >= 0.6 is 0 Å². The third kappa shape index (κ3) is 8.78. The summed E-state index contributed by atoms with van der Waals surface area (Å²) in [7, 11) is 0. The minimum Gasteiger partial charge on any atom is -0.311 e. The van der Waals surface area contributed by atoms with Crippen LogP contribution in [0.15, 0.2) is 194 Å². The van der Waals surface area contributed by atoms with E-state index in [0.717, 1.165) is 50.8 Å². The molecule has 2 heteroatoms. The molecule has 0 radical (unpaired) electrons. The number of nitrogens with zero attached hydrogens (tertiary/aromatic N) is 2. The van der Waals surface area contributed by atoms with Gasteiger partial charge >= 0.3 is 0 Å². The molecule has 0 spiro atoms. The average molecular weight is 749 g/mol. The van der Waals surface area contributed by atoms with E-state index in [1.165, 1.54) is 38.9 Å². The zero-order valence-corrected chi connectivity index (χ0v) is 33.7. The number of hydrogen-bond acceptors (Lipinski definition) is 2. The molecule has 0 bridgehead atoms. The zero-order valence-electron chi connectivity index (χ0n) is 33.7. The van der Waals surface area contributed by atoms with Crippen LogP contribution in [-0.2, 0) is 0 Å². The van der Waals surface area contributed by atoms with Gasteiger partial charge in [0.2, 0.25) is 0 Å². The van der Waals surface area contributed by atoms with Gasteiger partial charge in [-0.2, -0.15) is 0 Å². The molecule has 0 saturated heterocycles. The molecule has 58 heavy (non-hydrogen) atoms. The normalized spacial score (nSPS) is 11.3. The van der Waals surface area contributed by atoms with Crippen molar-refractivity contribution in [3.05, 3.63) is 239 Å². The maximum atomic E-state index is 2.31. The summed E-state index contributed by atoms with van der Waals surface area (Å²) in [4.78, 5) is 4.63. The van der Waals surface area contributed by atoms with Crippen LogP contribution in [0.4, 0.5) is 34.1 Å². The molecule has 8 aromatic carbocycles. The quantitative estimate of drug-likeness (QED) is 0.122. The van der Waals surface area contributed by atoms with Crippen LogP contribution in [0.1, 0.15) is 44.5 Å². The first-order valence-corrected chi connectivity index (χ1v) is 20.0. The minimum atomic E-state index is 1.12. The Hall–Kier alpha value is -7.16. The average Bonchev–Trinajstić information content (AvgIpc) is 3.26. The van der Waals surface area contributed by atoms with Crippen molar-refractivity contribution in [2.45, 2.75) is 27.7 Å². The standard InChI is InChI=1S/C56H48N2/c1-41-13-28-49(29-14-41)57(50-30-15-42(2)16-31-50)53-36-22-45(23-37-53)21-27-48-11-8-12-55(47-9-6-5-7-10-47)56(48)40-26-46-24-38-54(39-25-46)58(51-32-17-43(3)18-33-51)52-34-19-44(4)20-35-52/h5-40H,1-4H3. The van der Waals surface area contributed by atoms with Gasteiger partial charge in [-0.3, -0.25) is 0 Å². The smallest absolute Gasteiger partial charge is 0.0462 e. The van der Waals surface area contributed by atoms with Gasteiger partial charge in [-0.25, -0.2) is 0 Å². The van der Waals surface area contributed by atoms with Crippen molar-refractivity contribution in [1.29, 1.82) is 0 Å². The van der Waals surface area contributed by atoms with Crippen LogP contribution in [-0.4, -0.2) is 0 Å². The monoisotopic (exact) mass is 748 g/mol. The molecule has 8 aromatic rings. The predicted octanol–water partition coefficient (Wildman–Crippen LogP) is 15.9. The maximum Gasteiger partial charge on any atom is 0.0462 e. The molecule has 0 saturated carbocycles. The van der Waals surface area contributed by atoms with Crippen molar-refractivity contribution in [3.63, 3.8) is 0 Å². The topological polar surface area (TPSA) is 6.48 Å². The molecule has 0 aromatic heterocycles. The molecule has 0 amide bonds. The summed E-state index contributed by atoms with van der Waals surface area (Å²) in [5.41, 5.74) is 18.8. The van der Waals surface area contributed by atoms with E-state index in [2.05, 4.69) is 256 Å². The van der Waals surface area contributed by atoms with Crippen LogP contribution in [0.25, 0.3) is 35.4 Å². The van der Waals surface area contributed by atoms with Gasteiger partial charge in [-0.15, -0.1) is 0 Å². The highest BCUT2D eigenvalue weighted by Crippen LogP contribution is 2.37. The van der Waals surface area contributed by atoms with Gasteiger partial charge in [0.05, 0.1) is 0 Å². The highest BCUT2D eigenvalue weighted by Gasteiger charge is 2.14. The van der Waals surface area contributed by atoms with E-state index in [0.29, 0.717) is 0 Å². The molecule has 0 atom stereocenters. The fourth-order valence-electron chi connectivity index (χ4n) is 7.29. The fourth-order valence-corrected chi connectivity index (χ4v) is 7.29. The first kappa shape index (κ1) is 37.7. The highest BCUT2D eigenvalue weighted by molar-refractivity contribution is 5.88. The predicted molar refractivity (Wildman–Crippen MR) is 251 cm³/mol. The van der Waals surface area contributed by atoms with Gasteiger partial charge in [-0.1, -0.05) is 168 Å². The second-order valence-corrected chi connectivity index (χ2v) is 15.0. The van der Waals surface area contributed by atoms with Gasteiger partial charge < -0.3 is 9.80 Å². The number of rotatable bonds is 11. The summed E-state index contributed by atoms with van der Waals surface area (Å²) in [5, 5.41) is 0. The number of hydrogen-bond donors (Lipinski definition) is 0. The van der Waals surface area contributed by atoms with Crippen LogP contribution in [0.3, 0.4) is 0 Å². The van der Waals surface area contributed by atoms with E-state index < -0.39 is 0 Å². The summed E-state index contributed by atoms with van der Waals surface area (Å²) >= 11 is 0. The Morgan fingerprint density at radius 2 is 0.638 bits per heavy atom. The molecule has 282 valence electrons. The summed E-state index contributed by atoms with van der Waals surface area (Å²) in [6, 6.07) is 69.8. The number of aryl methyl sites for hydroxylation is 4. The molecule has 0 N–H and O–H groups in total. The molecule has 0 aliphatic carbocycles. The third-order valence-electron chi connectivity index (χ3n) is 10.6. The summed E-state index contributed by atoms with van der Waals surface area (Å²) in [6.07, 6.45) is 8.94. The molecule has 0 unspecified atom stereocenters. The molecular formula is C56H48N2. The second-order valence-electron chi connectivity index (χ2n) is 15.0. The van der Waals surface area contributed by atoms with Crippen LogP contribution in [0, 0.1) is 27.7 Å². The Labute approximate surface area is 344 Å². The molecule has 0 fully saturated rings. The van der Waals surface area contributed by atoms with Crippen molar-refractivity contribution < 1.29 is 0 Å². The first-order chi connectivity index (χ1) is 28.4. The fraction of sp³-hybridized carbons (Fsp3) is 0.0714. The summed E-state index contributed by atoms with van der Waals surface area (Å²) in [5.74, 6) is 0. The van der Waals surface area contributed by atoms with E-state index in [-0.39, 0.29) is 0 Å². The Morgan fingerprint density at radius 1 is 0.293 bits per heavy atom. The van der Waals surface area contributed by atoms with Gasteiger partial charge in [0.15, 0.2) is 0 Å². The number of benzene rings is 8. The Kier molecular flexibility index (Phi) is 11.3. The van der Waals surface area contributed by atoms with Crippen molar-refractivity contribution >= 4 is 58.4 Å². The van der Waals surface area contributed by atoms with Gasteiger partial charge in [0, 0.05) is 34.1 Å². The van der Waals surface area contributed by atoms with E-state index >= 15 is 0 Å². The van der Waals surface area contributed by atoms with Crippen LogP contribution < -0.4 is 9.80 Å². The third-order valence-corrected chi connectivity index (χ3v) is 10.6. The van der Waals surface area contributed by atoms with Crippen molar-refractivity contribution in [2.24, 2.45) is 0 Å². The van der Waals surface area contributed by atoms with E-state index in [1.807, 2.05) is 0 Å². The Bertz CT molecular complexity index is 2540. The zero-order chi connectivity index (χ0) is 39.8. The molecular weight excluding hydrogens is 701 g/mol. The van der Waals surface area contributed by atoms with Gasteiger partial charge in [-0.05, 0) is 134 Å². The van der Waals surface area contributed by atoms with Gasteiger partial charge in [0.25, 0.3) is 0 Å². The van der Waals surface area contributed by atoms with E-state index in [1.54, 1.807) is 0 Å². The molecule has 0 aliphatic heterocycles. The first-order valence-electron chi connectivity index (χ1n) is 20.0. The number of anilines is 6. The minimum absolute atomic E-state index is 1.12.